The Morgan fingerprint density at radius 3 is 1.00 bits per heavy atom. The maximum atomic E-state index is 8.24. The summed E-state index contributed by atoms with van der Waals surface area (Å²) in [5, 5.41) is 13.5. The summed E-state index contributed by atoms with van der Waals surface area (Å²) in [5.41, 5.74) is 0. The number of isocyanates is 2. The van der Waals surface area contributed by atoms with Crippen molar-refractivity contribution >= 4 is 12.2 Å². The molecule has 0 radical (unpaired) electrons. The van der Waals surface area contributed by atoms with Gasteiger partial charge in [0.2, 0.25) is 0 Å². The quantitative estimate of drug-likeness (QED) is 0.449. The number of carbonyl (C=O) groups excluding carboxylic acids is 2. The number of hydrogen-bond acceptors (Lipinski definition) is 2. The van der Waals surface area contributed by atoms with E-state index in [1.54, 1.807) is 0 Å². The summed E-state index contributed by atoms with van der Waals surface area (Å²) in [4.78, 5) is 16.5. The van der Waals surface area contributed by atoms with Crippen molar-refractivity contribution in [2.75, 3.05) is 0 Å². The van der Waals surface area contributed by atoms with E-state index in [1.807, 2.05) is 0 Å². The molecule has 0 spiro atoms. The molecule has 0 saturated carbocycles. The summed E-state index contributed by atoms with van der Waals surface area (Å²) in [6, 6.07) is 0. The molecular weight excluding hydrogens is 268 g/mol. The van der Waals surface area contributed by atoms with Gasteiger partial charge in [-0.3, -0.25) is 9.59 Å². The monoisotopic (exact) mass is 268 g/mol. The third kappa shape index (κ3) is 213. The first-order valence-corrected chi connectivity index (χ1v) is 0.855. The second-order valence-electron chi connectivity index (χ2n) is 0.183. The topological polar surface area (TPSA) is 78.7 Å². The maximum Gasteiger partial charge on any atom is 2.00 e. The summed E-state index contributed by atoms with van der Waals surface area (Å²) < 4.78 is 0. The molecule has 0 fully saturated rings. The van der Waals surface area contributed by atoms with Crippen LogP contribution in [0.25, 0.3) is 10.8 Å². The fourth-order valence-corrected chi connectivity index (χ4v) is 0. The molecular formula is C2N2O2W. The second-order valence-corrected chi connectivity index (χ2v) is 0.183. The third-order valence-electron chi connectivity index (χ3n) is 0. The Kier molecular flexibility index (Phi) is 118. The van der Waals surface area contributed by atoms with Gasteiger partial charge in [-0.1, -0.05) is 0 Å². The van der Waals surface area contributed by atoms with E-state index in [2.05, 4.69) is 0 Å². The van der Waals surface area contributed by atoms with Gasteiger partial charge in [0.15, 0.2) is 0 Å². The SMILES string of the molecule is [N-]=C=O.[N-]=C=O.[W+2]. The molecule has 0 atom stereocenters. The van der Waals surface area contributed by atoms with Gasteiger partial charge < -0.3 is 10.8 Å². The minimum Gasteiger partial charge on any atom is -0.724 e. The molecule has 0 saturated heterocycles. The fourth-order valence-electron chi connectivity index (χ4n) is 0. The molecule has 0 N–H and O–H groups in total. The summed E-state index contributed by atoms with van der Waals surface area (Å²) in [7, 11) is 0. The van der Waals surface area contributed by atoms with Crippen LogP contribution in [-0.2, 0) is 30.7 Å². The first-order valence-electron chi connectivity index (χ1n) is 0.855. The van der Waals surface area contributed by atoms with Crippen LogP contribution >= 0.6 is 0 Å². The van der Waals surface area contributed by atoms with E-state index in [0.717, 1.165) is 0 Å². The van der Waals surface area contributed by atoms with E-state index in [1.165, 1.54) is 0 Å². The van der Waals surface area contributed by atoms with Crippen molar-refractivity contribution in [2.24, 2.45) is 0 Å². The molecule has 0 aliphatic rings. The van der Waals surface area contributed by atoms with Crippen LogP contribution in [0, 0.1) is 0 Å². The van der Waals surface area contributed by atoms with Crippen molar-refractivity contribution in [3.05, 3.63) is 10.8 Å². The average molecular weight is 268 g/mol. The van der Waals surface area contributed by atoms with Gasteiger partial charge in [0.1, 0.15) is 0 Å². The molecule has 0 aromatic rings. The van der Waals surface area contributed by atoms with Gasteiger partial charge in [-0.15, -0.1) is 0 Å². The van der Waals surface area contributed by atoms with E-state index in [4.69, 9.17) is 20.4 Å². The molecule has 0 aromatic heterocycles. The average Bonchev–Trinajstić information content (AvgIpc) is 1.39. The van der Waals surface area contributed by atoms with Crippen molar-refractivity contribution in [3.63, 3.8) is 0 Å². The van der Waals surface area contributed by atoms with E-state index < -0.39 is 0 Å². The van der Waals surface area contributed by atoms with Crippen molar-refractivity contribution < 1.29 is 30.7 Å². The molecule has 0 aliphatic heterocycles. The van der Waals surface area contributed by atoms with E-state index in [0.29, 0.717) is 12.2 Å². The molecule has 4 nitrogen and oxygen atoms in total. The Labute approximate surface area is 54.2 Å². The van der Waals surface area contributed by atoms with Gasteiger partial charge in [-0.05, 0) is 12.2 Å². The molecule has 5 heteroatoms. The molecule has 0 unspecified atom stereocenters. The molecule has 0 bridgehead atoms. The molecule has 0 amide bonds. The second kappa shape index (κ2) is 51.4. The molecule has 0 rings (SSSR count). The Morgan fingerprint density at radius 2 is 1.00 bits per heavy atom. The fraction of sp³-hybridized carbons (Fsp3) is 0. The minimum atomic E-state index is 0. The molecule has 7 heavy (non-hydrogen) atoms. The molecule has 36 valence electrons. The summed E-state index contributed by atoms with van der Waals surface area (Å²) in [5.74, 6) is 0. The molecule has 0 heterocycles. The van der Waals surface area contributed by atoms with Gasteiger partial charge in [-0.2, -0.15) is 0 Å². The predicted molar refractivity (Wildman–Crippen MR) is 18.1 cm³/mol. The van der Waals surface area contributed by atoms with Crippen LogP contribution in [0.5, 0.6) is 0 Å². The van der Waals surface area contributed by atoms with Crippen LogP contribution < -0.4 is 0 Å². The van der Waals surface area contributed by atoms with Crippen LogP contribution in [0.4, 0.5) is 0 Å². The van der Waals surface area contributed by atoms with Gasteiger partial charge in [0, 0.05) is 0 Å². The third-order valence-corrected chi connectivity index (χ3v) is 0. The number of rotatable bonds is 0. The first kappa shape index (κ1) is 16.1. The van der Waals surface area contributed by atoms with E-state index in [9.17, 15) is 0 Å². The maximum absolute atomic E-state index is 8.24. The van der Waals surface area contributed by atoms with Gasteiger partial charge in [0.25, 0.3) is 0 Å². The zero-order valence-corrected chi connectivity index (χ0v) is 6.05. The van der Waals surface area contributed by atoms with Crippen LogP contribution in [0.15, 0.2) is 0 Å². The largest absolute Gasteiger partial charge is 2.00 e. The van der Waals surface area contributed by atoms with Crippen LogP contribution in [-0.4, -0.2) is 12.2 Å². The zero-order valence-electron chi connectivity index (χ0n) is 3.12. The number of hydrogen-bond donors (Lipinski definition) is 0. The number of nitrogens with zero attached hydrogens (tertiary/aromatic N) is 2. The Morgan fingerprint density at radius 1 is 1.00 bits per heavy atom. The summed E-state index contributed by atoms with van der Waals surface area (Å²) >= 11 is 0. The van der Waals surface area contributed by atoms with E-state index in [-0.39, 0.29) is 21.1 Å². The van der Waals surface area contributed by atoms with Crippen molar-refractivity contribution in [2.45, 2.75) is 0 Å². The van der Waals surface area contributed by atoms with Gasteiger partial charge >= 0.3 is 21.1 Å². The minimum absolute atomic E-state index is 0. The summed E-state index contributed by atoms with van der Waals surface area (Å²) in [6.45, 7) is 0. The summed E-state index contributed by atoms with van der Waals surface area (Å²) in [6.07, 6.45) is 1.00. The Bertz CT molecular complexity index is 67.7. The van der Waals surface area contributed by atoms with Gasteiger partial charge in [0.05, 0.1) is 0 Å². The molecule has 0 aliphatic carbocycles. The smallest absolute Gasteiger partial charge is 0.724 e. The zero-order chi connectivity index (χ0) is 5.41. The molecule has 0 aromatic carbocycles. The van der Waals surface area contributed by atoms with E-state index >= 15 is 0 Å². The standard InChI is InChI=1S/2CNO.W/c2*2-1-3;/q2*-1;+2. The Hall–Kier alpha value is -0.552. The van der Waals surface area contributed by atoms with Crippen LogP contribution in [0.3, 0.4) is 0 Å². The predicted octanol–water partition coefficient (Wildman–Crippen LogP) is -0.219. The van der Waals surface area contributed by atoms with Crippen molar-refractivity contribution in [1.82, 2.24) is 0 Å². The van der Waals surface area contributed by atoms with Crippen LogP contribution in [0.1, 0.15) is 0 Å². The van der Waals surface area contributed by atoms with Gasteiger partial charge in [-0.25, -0.2) is 0 Å². The van der Waals surface area contributed by atoms with Crippen molar-refractivity contribution in [3.8, 4) is 0 Å². The first-order chi connectivity index (χ1) is 2.83. The Balaban J connectivity index is -0.0000000400. The van der Waals surface area contributed by atoms with Crippen LogP contribution in [0.2, 0.25) is 0 Å². The van der Waals surface area contributed by atoms with Crippen molar-refractivity contribution in [1.29, 1.82) is 0 Å². The normalized spacial score (nSPS) is 2.29.